The van der Waals surface area contributed by atoms with E-state index < -0.39 is 0 Å². The van der Waals surface area contributed by atoms with Gasteiger partial charge in [-0.15, -0.1) is 0 Å². The average molecular weight is 201 g/mol. The number of hydrogen-bond donors (Lipinski definition) is 1. The number of halogens is 1. The summed E-state index contributed by atoms with van der Waals surface area (Å²) in [6.45, 7) is 0. The maximum atomic E-state index is 13.2. The van der Waals surface area contributed by atoms with Crippen molar-refractivity contribution in [1.29, 1.82) is 0 Å². The van der Waals surface area contributed by atoms with Gasteiger partial charge in [0.2, 0.25) is 0 Å². The van der Waals surface area contributed by atoms with Crippen LogP contribution in [-0.2, 0) is 12.8 Å². The summed E-state index contributed by atoms with van der Waals surface area (Å²) in [7, 11) is 0. The standard InChI is InChI=1S/C13H12FN/c14-9-6-7-13-11(8-9)10-4-2-1-3-5-12(10)15-13/h1-2,6-8,15H,3-5H2. The molecule has 2 heteroatoms. The van der Waals surface area contributed by atoms with E-state index in [1.165, 1.54) is 17.3 Å². The Morgan fingerprint density at radius 3 is 3.07 bits per heavy atom. The number of nitrogens with one attached hydrogen (secondary N) is 1. The smallest absolute Gasteiger partial charge is 0.123 e. The van der Waals surface area contributed by atoms with E-state index in [0.29, 0.717) is 0 Å². The molecule has 1 aliphatic rings. The molecule has 0 aliphatic heterocycles. The van der Waals surface area contributed by atoms with Crippen LogP contribution in [0.25, 0.3) is 10.9 Å². The minimum Gasteiger partial charge on any atom is -0.358 e. The fourth-order valence-corrected chi connectivity index (χ4v) is 2.27. The fourth-order valence-electron chi connectivity index (χ4n) is 2.27. The Hall–Kier alpha value is -1.57. The largest absolute Gasteiger partial charge is 0.358 e. The topological polar surface area (TPSA) is 15.8 Å². The van der Waals surface area contributed by atoms with Crippen LogP contribution in [0.4, 0.5) is 4.39 Å². The fraction of sp³-hybridized carbons (Fsp3) is 0.231. The molecule has 0 unspecified atom stereocenters. The zero-order valence-corrected chi connectivity index (χ0v) is 8.39. The summed E-state index contributed by atoms with van der Waals surface area (Å²) in [4.78, 5) is 3.38. The number of aromatic amines is 1. The van der Waals surface area contributed by atoms with Crippen LogP contribution in [-0.4, -0.2) is 4.98 Å². The highest BCUT2D eigenvalue weighted by Gasteiger charge is 2.11. The number of rotatable bonds is 0. The molecular weight excluding hydrogens is 189 g/mol. The van der Waals surface area contributed by atoms with Crippen LogP contribution >= 0.6 is 0 Å². The first kappa shape index (κ1) is 8.72. The maximum Gasteiger partial charge on any atom is 0.123 e. The minimum atomic E-state index is -0.155. The summed E-state index contributed by atoms with van der Waals surface area (Å²) in [5, 5.41) is 1.04. The first-order valence-electron chi connectivity index (χ1n) is 5.28. The van der Waals surface area contributed by atoms with Gasteiger partial charge in [0.1, 0.15) is 5.82 Å². The number of allylic oxidation sites excluding steroid dienone is 2. The summed E-state index contributed by atoms with van der Waals surface area (Å²) in [5.41, 5.74) is 3.58. The van der Waals surface area contributed by atoms with E-state index in [0.717, 1.165) is 30.2 Å². The van der Waals surface area contributed by atoms with Gasteiger partial charge in [-0.3, -0.25) is 0 Å². The second kappa shape index (κ2) is 3.23. The van der Waals surface area contributed by atoms with Crippen LogP contribution in [0.1, 0.15) is 17.7 Å². The van der Waals surface area contributed by atoms with Crippen molar-refractivity contribution in [3.63, 3.8) is 0 Å². The summed E-state index contributed by atoms with van der Waals surface area (Å²) >= 11 is 0. The molecule has 1 nitrogen and oxygen atoms in total. The van der Waals surface area contributed by atoms with Crippen LogP contribution in [0.5, 0.6) is 0 Å². The molecule has 0 radical (unpaired) electrons. The van der Waals surface area contributed by atoms with Gasteiger partial charge in [-0.2, -0.15) is 0 Å². The minimum absolute atomic E-state index is 0.155. The maximum absolute atomic E-state index is 13.2. The third-order valence-corrected chi connectivity index (χ3v) is 3.01. The molecule has 1 N–H and O–H groups in total. The molecule has 0 saturated carbocycles. The Morgan fingerprint density at radius 2 is 2.13 bits per heavy atom. The molecule has 1 heterocycles. The van der Waals surface area contributed by atoms with Crippen molar-refractivity contribution >= 4 is 10.9 Å². The molecule has 1 aromatic carbocycles. The number of aromatic nitrogens is 1. The van der Waals surface area contributed by atoms with E-state index in [4.69, 9.17) is 0 Å². The Bertz CT molecular complexity index is 537. The molecular formula is C13H12FN. The van der Waals surface area contributed by atoms with Gasteiger partial charge < -0.3 is 4.98 Å². The molecule has 0 atom stereocenters. The van der Waals surface area contributed by atoms with Gasteiger partial charge in [0.15, 0.2) is 0 Å². The molecule has 3 rings (SSSR count). The van der Waals surface area contributed by atoms with Gasteiger partial charge in [0, 0.05) is 16.6 Å². The van der Waals surface area contributed by atoms with Crippen LogP contribution in [0.3, 0.4) is 0 Å². The Labute approximate surface area is 87.6 Å². The van der Waals surface area contributed by atoms with Gasteiger partial charge in [0.05, 0.1) is 0 Å². The molecule has 76 valence electrons. The highest BCUT2D eigenvalue weighted by atomic mass is 19.1. The van der Waals surface area contributed by atoms with Gasteiger partial charge in [-0.25, -0.2) is 4.39 Å². The number of H-pyrrole nitrogens is 1. The van der Waals surface area contributed by atoms with Crippen LogP contribution < -0.4 is 0 Å². The molecule has 1 aromatic heterocycles. The second-order valence-electron chi connectivity index (χ2n) is 3.99. The second-order valence-corrected chi connectivity index (χ2v) is 3.99. The predicted octanol–water partition coefficient (Wildman–Crippen LogP) is 3.35. The van der Waals surface area contributed by atoms with Crippen molar-refractivity contribution < 1.29 is 4.39 Å². The molecule has 1 aliphatic carbocycles. The molecule has 15 heavy (non-hydrogen) atoms. The lowest BCUT2D eigenvalue weighted by Gasteiger charge is -1.96. The highest BCUT2D eigenvalue weighted by Crippen LogP contribution is 2.26. The van der Waals surface area contributed by atoms with Crippen LogP contribution in [0, 0.1) is 5.82 Å². The van der Waals surface area contributed by atoms with E-state index in [1.807, 2.05) is 6.07 Å². The van der Waals surface area contributed by atoms with Crippen molar-refractivity contribution in [1.82, 2.24) is 4.98 Å². The van der Waals surface area contributed by atoms with Gasteiger partial charge in [-0.1, -0.05) is 12.2 Å². The van der Waals surface area contributed by atoms with E-state index in [1.54, 1.807) is 6.07 Å². The zero-order chi connectivity index (χ0) is 10.3. The Balaban J connectivity index is 2.29. The summed E-state index contributed by atoms with van der Waals surface area (Å²) in [6.07, 6.45) is 7.38. The average Bonchev–Trinajstić information content (AvgIpc) is 2.44. The molecule has 0 saturated heterocycles. The van der Waals surface area contributed by atoms with Crippen molar-refractivity contribution in [3.8, 4) is 0 Å². The first-order chi connectivity index (χ1) is 7.34. The predicted molar refractivity (Wildman–Crippen MR) is 59.4 cm³/mol. The SMILES string of the molecule is Fc1ccc2[nH]c3c(c2c1)CC=CCC3. The summed E-state index contributed by atoms with van der Waals surface area (Å²) in [6, 6.07) is 4.96. The Kier molecular flexibility index (Phi) is 1.88. The summed E-state index contributed by atoms with van der Waals surface area (Å²) < 4.78 is 13.2. The normalized spacial score (nSPS) is 15.3. The third kappa shape index (κ3) is 1.37. The van der Waals surface area contributed by atoms with E-state index in [9.17, 15) is 4.39 Å². The first-order valence-corrected chi connectivity index (χ1v) is 5.28. The van der Waals surface area contributed by atoms with Crippen LogP contribution in [0.2, 0.25) is 0 Å². The van der Waals surface area contributed by atoms with Gasteiger partial charge >= 0.3 is 0 Å². The van der Waals surface area contributed by atoms with Crippen molar-refractivity contribution in [2.45, 2.75) is 19.3 Å². The molecule has 0 spiro atoms. The molecule has 0 bridgehead atoms. The Morgan fingerprint density at radius 1 is 1.20 bits per heavy atom. The lowest BCUT2D eigenvalue weighted by atomic mass is 10.1. The van der Waals surface area contributed by atoms with Crippen molar-refractivity contribution in [2.75, 3.05) is 0 Å². The van der Waals surface area contributed by atoms with Crippen molar-refractivity contribution in [2.24, 2.45) is 0 Å². The van der Waals surface area contributed by atoms with Crippen LogP contribution in [0.15, 0.2) is 30.4 Å². The number of benzene rings is 1. The number of hydrogen-bond acceptors (Lipinski definition) is 0. The zero-order valence-electron chi connectivity index (χ0n) is 8.39. The van der Waals surface area contributed by atoms with E-state index in [-0.39, 0.29) is 5.82 Å². The lowest BCUT2D eigenvalue weighted by molar-refractivity contribution is 0.629. The van der Waals surface area contributed by atoms with Crippen molar-refractivity contribution in [3.05, 3.63) is 47.4 Å². The third-order valence-electron chi connectivity index (χ3n) is 3.01. The summed E-state index contributed by atoms with van der Waals surface area (Å²) in [5.74, 6) is -0.155. The van der Waals surface area contributed by atoms with Gasteiger partial charge in [0.25, 0.3) is 0 Å². The monoisotopic (exact) mass is 201 g/mol. The number of aryl methyl sites for hydroxylation is 1. The molecule has 2 aromatic rings. The lowest BCUT2D eigenvalue weighted by Crippen LogP contribution is -1.86. The van der Waals surface area contributed by atoms with E-state index >= 15 is 0 Å². The van der Waals surface area contributed by atoms with E-state index in [2.05, 4.69) is 17.1 Å². The molecule has 0 fully saturated rings. The molecule has 0 amide bonds. The highest BCUT2D eigenvalue weighted by molar-refractivity contribution is 5.85. The van der Waals surface area contributed by atoms with Gasteiger partial charge in [-0.05, 0) is 43.0 Å². The number of fused-ring (bicyclic) bond motifs is 3. The quantitative estimate of drug-likeness (QED) is 0.629.